The van der Waals surface area contributed by atoms with Crippen LogP contribution in [-0.4, -0.2) is 37.6 Å². The summed E-state index contributed by atoms with van der Waals surface area (Å²) in [7, 11) is 1.40. The second kappa shape index (κ2) is 8.09. The fraction of sp³-hybridized carbons (Fsp3) is 0.571. The van der Waals surface area contributed by atoms with E-state index in [1.54, 1.807) is 18.2 Å². The molecule has 0 spiro atoms. The molecule has 0 fully saturated rings. The number of nitrogens with one attached hydrogen (secondary N) is 1. The molecule has 0 aliphatic heterocycles. The largest absolute Gasteiger partial charge is 0.493 e. The van der Waals surface area contributed by atoms with Crippen LogP contribution in [0.25, 0.3) is 0 Å². The smallest absolute Gasteiger partial charge is 0.417 e. The van der Waals surface area contributed by atoms with Gasteiger partial charge in [-0.15, -0.1) is 0 Å². The molecule has 7 heteroatoms. The lowest BCUT2D eigenvalue weighted by Gasteiger charge is -2.17. The number of alkyl halides is 3. The van der Waals surface area contributed by atoms with Gasteiger partial charge in [0.2, 0.25) is 0 Å². The van der Waals surface area contributed by atoms with Crippen LogP contribution in [0, 0.1) is 0 Å². The van der Waals surface area contributed by atoms with Crippen molar-refractivity contribution in [1.82, 2.24) is 5.32 Å². The minimum absolute atomic E-state index is 0.177. The van der Waals surface area contributed by atoms with Gasteiger partial charge in [-0.1, -0.05) is 13.0 Å². The lowest BCUT2D eigenvalue weighted by Crippen LogP contribution is -2.34. The summed E-state index contributed by atoms with van der Waals surface area (Å²) in [4.78, 5) is 0. The molecule has 0 aromatic heterocycles. The summed E-state index contributed by atoms with van der Waals surface area (Å²) in [5.41, 5.74) is 0.862. The molecule has 21 heavy (non-hydrogen) atoms. The van der Waals surface area contributed by atoms with Gasteiger partial charge in [0, 0.05) is 6.54 Å². The van der Waals surface area contributed by atoms with E-state index < -0.39 is 18.9 Å². The van der Waals surface area contributed by atoms with E-state index in [4.69, 9.17) is 14.6 Å². The first-order chi connectivity index (χ1) is 9.88. The quantitative estimate of drug-likeness (QED) is 0.725. The fourth-order valence-electron chi connectivity index (χ4n) is 1.62. The molecule has 0 aliphatic rings. The molecule has 0 heterocycles. The molecule has 2 N–H and O–H groups in total. The Kier molecular flexibility index (Phi) is 6.77. The lowest BCUT2D eigenvalue weighted by atomic mass is 10.2. The van der Waals surface area contributed by atoms with Crippen molar-refractivity contribution in [3.8, 4) is 11.5 Å². The van der Waals surface area contributed by atoms with E-state index in [0.29, 0.717) is 12.3 Å². The highest BCUT2D eigenvalue weighted by Gasteiger charge is 2.38. The van der Waals surface area contributed by atoms with Gasteiger partial charge in [-0.2, -0.15) is 13.2 Å². The van der Waals surface area contributed by atoms with E-state index in [-0.39, 0.29) is 5.75 Å². The predicted octanol–water partition coefficient (Wildman–Crippen LogP) is 2.50. The number of rotatable bonds is 8. The molecule has 1 aromatic rings. The van der Waals surface area contributed by atoms with Crippen molar-refractivity contribution in [2.24, 2.45) is 0 Å². The number of hydrogen-bond acceptors (Lipinski definition) is 4. The normalized spacial score (nSPS) is 13.0. The predicted molar refractivity (Wildman–Crippen MR) is 72.5 cm³/mol. The first-order valence-corrected chi connectivity index (χ1v) is 6.63. The van der Waals surface area contributed by atoms with E-state index in [1.807, 2.05) is 6.92 Å². The molecular weight excluding hydrogens is 287 g/mol. The van der Waals surface area contributed by atoms with Gasteiger partial charge in [0.1, 0.15) is 6.61 Å². The Morgan fingerprint density at radius 2 is 2.00 bits per heavy atom. The van der Waals surface area contributed by atoms with Crippen molar-refractivity contribution in [2.75, 3.05) is 20.3 Å². The number of halogens is 3. The Balaban J connectivity index is 2.71. The number of ether oxygens (including phenoxy) is 2. The van der Waals surface area contributed by atoms with E-state index in [1.165, 1.54) is 7.11 Å². The first kappa shape index (κ1) is 17.6. The van der Waals surface area contributed by atoms with E-state index in [9.17, 15) is 13.2 Å². The third kappa shape index (κ3) is 5.81. The maximum Gasteiger partial charge on any atom is 0.417 e. The molecule has 0 bridgehead atoms. The van der Waals surface area contributed by atoms with Crippen LogP contribution in [0.1, 0.15) is 18.9 Å². The zero-order valence-electron chi connectivity index (χ0n) is 12.0. The number of methoxy groups -OCH3 is 1. The van der Waals surface area contributed by atoms with Crippen molar-refractivity contribution >= 4 is 0 Å². The Hall–Kier alpha value is -1.47. The Morgan fingerprint density at radius 3 is 2.57 bits per heavy atom. The standard InChI is InChI=1S/C14H20F3NO3/c1-3-6-18-8-10-4-5-11(20-2)12(7-10)21-9-13(19)14(15,16)17/h4-5,7,13,18-19H,3,6,8-9H2,1-2H3. The van der Waals surface area contributed by atoms with Crippen LogP contribution in [0.4, 0.5) is 13.2 Å². The third-order valence-corrected chi connectivity index (χ3v) is 2.76. The van der Waals surface area contributed by atoms with Crippen molar-refractivity contribution in [3.63, 3.8) is 0 Å². The van der Waals surface area contributed by atoms with Crippen LogP contribution < -0.4 is 14.8 Å². The Morgan fingerprint density at radius 1 is 1.29 bits per heavy atom. The highest BCUT2D eigenvalue weighted by molar-refractivity contribution is 5.43. The van der Waals surface area contributed by atoms with Gasteiger partial charge in [0.15, 0.2) is 17.6 Å². The molecule has 0 saturated heterocycles. The highest BCUT2D eigenvalue weighted by Crippen LogP contribution is 2.29. The zero-order chi connectivity index (χ0) is 15.9. The van der Waals surface area contributed by atoms with Crippen molar-refractivity contribution in [2.45, 2.75) is 32.2 Å². The van der Waals surface area contributed by atoms with Crippen LogP contribution in [-0.2, 0) is 6.54 Å². The molecule has 0 saturated carbocycles. The molecule has 1 atom stereocenters. The number of hydrogen-bond donors (Lipinski definition) is 2. The fourth-order valence-corrected chi connectivity index (χ4v) is 1.62. The van der Waals surface area contributed by atoms with Crippen molar-refractivity contribution < 1.29 is 27.8 Å². The number of aliphatic hydroxyl groups excluding tert-OH is 1. The van der Waals surface area contributed by atoms with Crippen LogP contribution in [0.2, 0.25) is 0 Å². The van der Waals surface area contributed by atoms with Gasteiger partial charge >= 0.3 is 6.18 Å². The second-order valence-electron chi connectivity index (χ2n) is 4.53. The maximum absolute atomic E-state index is 12.2. The number of aliphatic hydroxyl groups is 1. The molecule has 120 valence electrons. The SMILES string of the molecule is CCCNCc1ccc(OC)c(OCC(O)C(F)(F)F)c1. The van der Waals surface area contributed by atoms with Crippen molar-refractivity contribution in [1.29, 1.82) is 0 Å². The molecule has 1 rings (SSSR count). The van der Waals surface area contributed by atoms with Crippen molar-refractivity contribution in [3.05, 3.63) is 23.8 Å². The summed E-state index contributed by atoms with van der Waals surface area (Å²) in [6.07, 6.45) is -6.24. The second-order valence-corrected chi connectivity index (χ2v) is 4.53. The lowest BCUT2D eigenvalue weighted by molar-refractivity contribution is -0.210. The number of benzene rings is 1. The minimum Gasteiger partial charge on any atom is -0.493 e. The summed E-state index contributed by atoms with van der Waals surface area (Å²) < 4.78 is 46.8. The van der Waals surface area contributed by atoms with E-state index in [2.05, 4.69) is 5.32 Å². The van der Waals surface area contributed by atoms with Gasteiger partial charge in [-0.05, 0) is 30.7 Å². The minimum atomic E-state index is -4.70. The summed E-state index contributed by atoms with van der Waals surface area (Å²) >= 11 is 0. The Labute approximate surface area is 121 Å². The summed E-state index contributed by atoms with van der Waals surface area (Å²) in [6.45, 7) is 2.59. The summed E-state index contributed by atoms with van der Waals surface area (Å²) in [5, 5.41) is 12.1. The van der Waals surface area contributed by atoms with Gasteiger partial charge < -0.3 is 19.9 Å². The average Bonchev–Trinajstić information content (AvgIpc) is 2.44. The summed E-state index contributed by atoms with van der Waals surface area (Å²) in [6, 6.07) is 5.03. The summed E-state index contributed by atoms with van der Waals surface area (Å²) in [5.74, 6) is 0.500. The van der Waals surface area contributed by atoms with Crippen LogP contribution in [0.3, 0.4) is 0 Å². The molecule has 1 aromatic carbocycles. The monoisotopic (exact) mass is 307 g/mol. The average molecular weight is 307 g/mol. The molecular formula is C14H20F3NO3. The third-order valence-electron chi connectivity index (χ3n) is 2.76. The molecule has 4 nitrogen and oxygen atoms in total. The maximum atomic E-state index is 12.2. The van der Waals surface area contributed by atoms with Gasteiger partial charge in [0.05, 0.1) is 7.11 Å². The first-order valence-electron chi connectivity index (χ1n) is 6.63. The van der Waals surface area contributed by atoms with Crippen LogP contribution in [0.5, 0.6) is 11.5 Å². The topological polar surface area (TPSA) is 50.7 Å². The Bertz CT molecular complexity index is 438. The zero-order valence-corrected chi connectivity index (χ0v) is 12.0. The molecule has 0 radical (unpaired) electrons. The van der Waals surface area contributed by atoms with Gasteiger partial charge in [-0.3, -0.25) is 0 Å². The molecule has 0 amide bonds. The van der Waals surface area contributed by atoms with E-state index in [0.717, 1.165) is 18.5 Å². The van der Waals surface area contributed by atoms with Gasteiger partial charge in [-0.25, -0.2) is 0 Å². The van der Waals surface area contributed by atoms with E-state index >= 15 is 0 Å². The van der Waals surface area contributed by atoms with Crippen LogP contribution >= 0.6 is 0 Å². The van der Waals surface area contributed by atoms with Crippen LogP contribution in [0.15, 0.2) is 18.2 Å². The molecule has 1 unspecified atom stereocenters. The highest BCUT2D eigenvalue weighted by atomic mass is 19.4. The van der Waals surface area contributed by atoms with Gasteiger partial charge in [0.25, 0.3) is 0 Å². The molecule has 0 aliphatic carbocycles.